The number of aliphatic hydroxyl groups is 1. The molecule has 3 heterocycles. The van der Waals surface area contributed by atoms with Crippen LogP contribution in [-0.4, -0.2) is 42.3 Å². The van der Waals surface area contributed by atoms with Crippen molar-refractivity contribution in [2.75, 3.05) is 17.2 Å². The standard InChI is InChI=1S/C18H25N7O/c1-11(2)14(9-26)22-18-23-16(21-13-5-7-19-8-6-13)15-17(24-18)25(10-20-15)12(3)4/h5-8,10-12,14,26H,9H2,1-4H3,(H2,19,21,22,23,24)/t14-/m1/s1. The highest BCUT2D eigenvalue weighted by Crippen LogP contribution is 2.26. The molecule has 0 aliphatic carbocycles. The van der Waals surface area contributed by atoms with Gasteiger partial charge in [0.05, 0.1) is 19.0 Å². The lowest BCUT2D eigenvalue weighted by Crippen LogP contribution is -2.30. The molecule has 0 saturated heterocycles. The number of anilines is 3. The van der Waals surface area contributed by atoms with E-state index >= 15 is 0 Å². The zero-order valence-corrected chi connectivity index (χ0v) is 15.5. The number of hydrogen-bond donors (Lipinski definition) is 3. The molecule has 3 aromatic heterocycles. The Balaban J connectivity index is 2.06. The van der Waals surface area contributed by atoms with Crippen molar-refractivity contribution in [1.29, 1.82) is 0 Å². The van der Waals surface area contributed by atoms with Gasteiger partial charge in [0, 0.05) is 24.1 Å². The third-order valence-electron chi connectivity index (χ3n) is 4.24. The molecule has 8 heteroatoms. The van der Waals surface area contributed by atoms with Crippen LogP contribution in [0.3, 0.4) is 0 Å². The first-order valence-corrected chi connectivity index (χ1v) is 8.78. The van der Waals surface area contributed by atoms with Crippen molar-refractivity contribution in [2.45, 2.75) is 39.8 Å². The van der Waals surface area contributed by atoms with Crippen molar-refractivity contribution in [3.63, 3.8) is 0 Å². The maximum atomic E-state index is 9.62. The lowest BCUT2D eigenvalue weighted by molar-refractivity contribution is 0.248. The normalized spacial score (nSPS) is 12.7. The van der Waals surface area contributed by atoms with Crippen LogP contribution in [0.15, 0.2) is 30.9 Å². The summed E-state index contributed by atoms with van der Waals surface area (Å²) in [5, 5.41) is 16.1. The van der Waals surface area contributed by atoms with E-state index in [-0.39, 0.29) is 24.6 Å². The Morgan fingerprint density at radius 1 is 1.12 bits per heavy atom. The quantitative estimate of drug-likeness (QED) is 0.599. The highest BCUT2D eigenvalue weighted by Gasteiger charge is 2.18. The summed E-state index contributed by atoms with van der Waals surface area (Å²) in [7, 11) is 0. The molecule has 0 saturated carbocycles. The van der Waals surface area contributed by atoms with Gasteiger partial charge in [0.15, 0.2) is 17.0 Å². The van der Waals surface area contributed by atoms with Crippen molar-refractivity contribution in [1.82, 2.24) is 24.5 Å². The predicted octanol–water partition coefficient (Wildman–Crippen LogP) is 2.97. The molecule has 0 aliphatic rings. The Morgan fingerprint density at radius 2 is 1.85 bits per heavy atom. The fraction of sp³-hybridized carbons (Fsp3) is 0.444. The molecule has 3 aromatic rings. The Kier molecular flexibility index (Phi) is 5.32. The number of aliphatic hydroxyl groups excluding tert-OH is 1. The number of rotatable bonds is 7. The number of aromatic nitrogens is 5. The summed E-state index contributed by atoms with van der Waals surface area (Å²) in [4.78, 5) is 17.8. The van der Waals surface area contributed by atoms with E-state index in [0.717, 1.165) is 11.3 Å². The van der Waals surface area contributed by atoms with E-state index in [9.17, 15) is 5.11 Å². The summed E-state index contributed by atoms with van der Waals surface area (Å²) >= 11 is 0. The number of imidazole rings is 1. The average molecular weight is 355 g/mol. The van der Waals surface area contributed by atoms with E-state index in [2.05, 4.69) is 44.4 Å². The Morgan fingerprint density at radius 3 is 2.46 bits per heavy atom. The summed E-state index contributed by atoms with van der Waals surface area (Å²) in [5.74, 6) is 1.32. The average Bonchev–Trinajstić information content (AvgIpc) is 3.04. The topological polar surface area (TPSA) is 101 Å². The molecule has 1 atom stereocenters. The summed E-state index contributed by atoms with van der Waals surface area (Å²) in [6.45, 7) is 8.26. The van der Waals surface area contributed by atoms with Gasteiger partial charge in [-0.15, -0.1) is 0 Å². The maximum Gasteiger partial charge on any atom is 0.227 e. The minimum atomic E-state index is -0.128. The summed E-state index contributed by atoms with van der Waals surface area (Å²) in [6, 6.07) is 3.82. The van der Waals surface area contributed by atoms with E-state index in [0.29, 0.717) is 17.3 Å². The highest BCUT2D eigenvalue weighted by molar-refractivity contribution is 5.86. The van der Waals surface area contributed by atoms with Crippen molar-refractivity contribution in [2.24, 2.45) is 5.92 Å². The molecule has 3 rings (SSSR count). The SMILES string of the molecule is CC(C)[C@@H](CO)Nc1nc(Nc2ccncc2)c2ncn(C(C)C)c2n1. The molecule has 0 spiro atoms. The Hall–Kier alpha value is -2.74. The zero-order chi connectivity index (χ0) is 18.7. The van der Waals surface area contributed by atoms with E-state index in [1.165, 1.54) is 0 Å². The Bertz CT molecular complexity index is 861. The number of nitrogens with zero attached hydrogens (tertiary/aromatic N) is 5. The number of pyridine rings is 1. The molecule has 0 amide bonds. The van der Waals surface area contributed by atoms with Crippen LogP contribution in [0.2, 0.25) is 0 Å². The number of nitrogens with one attached hydrogen (secondary N) is 2. The van der Waals surface area contributed by atoms with Crippen molar-refractivity contribution in [3.05, 3.63) is 30.9 Å². The van der Waals surface area contributed by atoms with Gasteiger partial charge >= 0.3 is 0 Å². The fourth-order valence-corrected chi connectivity index (χ4v) is 2.61. The van der Waals surface area contributed by atoms with Gasteiger partial charge in [-0.1, -0.05) is 13.8 Å². The largest absolute Gasteiger partial charge is 0.394 e. The van der Waals surface area contributed by atoms with Gasteiger partial charge < -0.3 is 20.3 Å². The minimum Gasteiger partial charge on any atom is -0.394 e. The molecule has 0 unspecified atom stereocenters. The summed E-state index contributed by atoms with van der Waals surface area (Å²) in [6.07, 6.45) is 5.21. The van der Waals surface area contributed by atoms with Gasteiger partial charge in [0.25, 0.3) is 0 Å². The molecule has 0 aliphatic heterocycles. The van der Waals surface area contributed by atoms with Gasteiger partial charge in [0.1, 0.15) is 0 Å². The zero-order valence-electron chi connectivity index (χ0n) is 15.5. The molecule has 138 valence electrons. The van der Waals surface area contributed by atoms with Crippen LogP contribution in [0.1, 0.15) is 33.7 Å². The predicted molar refractivity (Wildman–Crippen MR) is 103 cm³/mol. The van der Waals surface area contributed by atoms with E-state index in [4.69, 9.17) is 0 Å². The van der Waals surface area contributed by atoms with Crippen LogP contribution in [0.5, 0.6) is 0 Å². The Labute approximate surface area is 152 Å². The van der Waals surface area contributed by atoms with Gasteiger partial charge in [-0.2, -0.15) is 9.97 Å². The van der Waals surface area contributed by atoms with Crippen molar-refractivity contribution < 1.29 is 5.11 Å². The number of hydrogen-bond acceptors (Lipinski definition) is 7. The van der Waals surface area contributed by atoms with E-state index in [1.54, 1.807) is 18.7 Å². The van der Waals surface area contributed by atoms with Crippen molar-refractivity contribution >= 4 is 28.6 Å². The molecule has 26 heavy (non-hydrogen) atoms. The second-order valence-corrected chi connectivity index (χ2v) is 6.85. The van der Waals surface area contributed by atoms with Crippen molar-refractivity contribution in [3.8, 4) is 0 Å². The van der Waals surface area contributed by atoms with Crippen LogP contribution in [0.25, 0.3) is 11.2 Å². The number of fused-ring (bicyclic) bond motifs is 1. The van der Waals surface area contributed by atoms with Crippen LogP contribution in [-0.2, 0) is 0 Å². The highest BCUT2D eigenvalue weighted by atomic mass is 16.3. The first-order valence-electron chi connectivity index (χ1n) is 8.78. The molecule has 0 aromatic carbocycles. The van der Waals surface area contributed by atoms with Crippen LogP contribution >= 0.6 is 0 Å². The van der Waals surface area contributed by atoms with E-state index in [1.807, 2.05) is 30.5 Å². The monoisotopic (exact) mass is 355 g/mol. The van der Waals surface area contributed by atoms with Crippen LogP contribution in [0, 0.1) is 5.92 Å². The summed E-state index contributed by atoms with van der Waals surface area (Å²) < 4.78 is 2.00. The fourth-order valence-electron chi connectivity index (χ4n) is 2.61. The van der Waals surface area contributed by atoms with Gasteiger partial charge in [-0.05, 0) is 31.9 Å². The minimum absolute atomic E-state index is 0.00955. The molecule has 3 N–H and O–H groups in total. The maximum absolute atomic E-state index is 9.62. The third-order valence-corrected chi connectivity index (χ3v) is 4.24. The first kappa shape index (κ1) is 18.1. The second kappa shape index (κ2) is 7.65. The smallest absolute Gasteiger partial charge is 0.227 e. The first-order chi connectivity index (χ1) is 12.5. The van der Waals surface area contributed by atoms with Crippen LogP contribution in [0.4, 0.5) is 17.5 Å². The molecule has 0 bridgehead atoms. The lowest BCUT2D eigenvalue weighted by atomic mass is 10.1. The van der Waals surface area contributed by atoms with Gasteiger partial charge in [-0.3, -0.25) is 4.98 Å². The molecule has 0 fully saturated rings. The van der Waals surface area contributed by atoms with Gasteiger partial charge in [0.2, 0.25) is 5.95 Å². The molecular formula is C18H25N7O. The molecular weight excluding hydrogens is 330 g/mol. The van der Waals surface area contributed by atoms with E-state index < -0.39 is 0 Å². The summed E-state index contributed by atoms with van der Waals surface area (Å²) in [5.41, 5.74) is 2.31. The third kappa shape index (κ3) is 3.75. The molecule has 0 radical (unpaired) electrons. The second-order valence-electron chi connectivity index (χ2n) is 6.85. The lowest BCUT2D eigenvalue weighted by Gasteiger charge is -2.20. The van der Waals surface area contributed by atoms with Crippen LogP contribution < -0.4 is 10.6 Å². The van der Waals surface area contributed by atoms with Gasteiger partial charge in [-0.25, -0.2) is 4.98 Å². The molecule has 8 nitrogen and oxygen atoms in total.